The summed E-state index contributed by atoms with van der Waals surface area (Å²) >= 11 is 2.75. The Morgan fingerprint density at radius 2 is 1.43 bits per heavy atom. The standard InChI is InChI=1S/C14H7F5NSe/c1-6-3-2-4-7(14(6)21)5-20-13-11(18)9(16)8(15)10(17)12(13)19/h2-5H,1H3. The summed E-state index contributed by atoms with van der Waals surface area (Å²) in [5, 5.41) is 0. The molecule has 2 rings (SSSR count). The number of nitrogens with zero attached hydrogens (tertiary/aromatic N) is 1. The molecule has 0 aromatic heterocycles. The summed E-state index contributed by atoms with van der Waals surface area (Å²) in [4.78, 5) is 3.40. The van der Waals surface area contributed by atoms with Crippen molar-refractivity contribution in [2.45, 2.75) is 6.92 Å². The van der Waals surface area contributed by atoms with Gasteiger partial charge in [0.1, 0.15) is 0 Å². The third-order valence-corrected chi connectivity index (χ3v) is 3.93. The van der Waals surface area contributed by atoms with E-state index < -0.39 is 34.8 Å². The molecule has 0 aliphatic carbocycles. The van der Waals surface area contributed by atoms with Gasteiger partial charge in [-0.05, 0) is 0 Å². The third-order valence-electron chi connectivity index (χ3n) is 2.76. The molecule has 0 N–H and O–H groups in total. The summed E-state index contributed by atoms with van der Waals surface area (Å²) in [6, 6.07) is 5.06. The van der Waals surface area contributed by atoms with Gasteiger partial charge in [0.05, 0.1) is 0 Å². The second kappa shape index (κ2) is 5.95. The zero-order valence-electron chi connectivity index (χ0n) is 10.6. The van der Waals surface area contributed by atoms with Crippen molar-refractivity contribution >= 4 is 32.4 Å². The van der Waals surface area contributed by atoms with Crippen LogP contribution >= 0.6 is 0 Å². The number of aliphatic imine (C=N–C) groups is 1. The number of benzene rings is 2. The number of halogens is 5. The molecule has 0 fully saturated rings. The van der Waals surface area contributed by atoms with Crippen molar-refractivity contribution in [1.29, 1.82) is 0 Å². The van der Waals surface area contributed by atoms with Crippen molar-refractivity contribution in [3.8, 4) is 0 Å². The topological polar surface area (TPSA) is 12.4 Å². The van der Waals surface area contributed by atoms with E-state index in [2.05, 4.69) is 21.0 Å². The fourth-order valence-corrected chi connectivity index (χ4v) is 2.01. The van der Waals surface area contributed by atoms with E-state index in [4.69, 9.17) is 0 Å². The second-order valence-corrected chi connectivity index (χ2v) is 5.03. The van der Waals surface area contributed by atoms with Crippen LogP contribution in [-0.4, -0.2) is 22.2 Å². The first-order chi connectivity index (χ1) is 9.84. The Kier molecular flexibility index (Phi) is 4.44. The van der Waals surface area contributed by atoms with Gasteiger partial charge in [-0.15, -0.1) is 0 Å². The average molecular weight is 363 g/mol. The molecule has 7 heteroatoms. The van der Waals surface area contributed by atoms with Crippen LogP contribution in [0.1, 0.15) is 11.1 Å². The van der Waals surface area contributed by atoms with Crippen LogP contribution in [0, 0.1) is 36.0 Å². The summed E-state index contributed by atoms with van der Waals surface area (Å²) in [6.07, 6.45) is 1.04. The predicted molar refractivity (Wildman–Crippen MR) is 70.1 cm³/mol. The molecular weight excluding hydrogens is 356 g/mol. The van der Waals surface area contributed by atoms with Crippen molar-refractivity contribution < 1.29 is 22.0 Å². The van der Waals surface area contributed by atoms with Gasteiger partial charge < -0.3 is 0 Å². The first-order valence-electron chi connectivity index (χ1n) is 5.66. The van der Waals surface area contributed by atoms with Gasteiger partial charge in [-0.3, -0.25) is 0 Å². The molecular formula is C14H7F5NSe. The van der Waals surface area contributed by atoms with Gasteiger partial charge in [0.2, 0.25) is 0 Å². The Hall–Kier alpha value is -1.72. The Labute approximate surface area is 125 Å². The van der Waals surface area contributed by atoms with Gasteiger partial charge in [0.15, 0.2) is 0 Å². The molecule has 2 aromatic rings. The molecule has 1 nitrogen and oxygen atoms in total. The van der Waals surface area contributed by atoms with E-state index in [1.807, 2.05) is 0 Å². The number of aryl methyl sites for hydroxylation is 1. The van der Waals surface area contributed by atoms with E-state index in [-0.39, 0.29) is 0 Å². The SMILES string of the molecule is Cc1cccc(C=Nc2c(F)c(F)c(F)c(F)c2F)c1[Se]. The summed E-state index contributed by atoms with van der Waals surface area (Å²) in [5.74, 6) is -10.2. The van der Waals surface area contributed by atoms with E-state index in [1.165, 1.54) is 0 Å². The van der Waals surface area contributed by atoms with Gasteiger partial charge >= 0.3 is 125 Å². The molecule has 2 aromatic carbocycles. The number of rotatable bonds is 2. The Morgan fingerprint density at radius 1 is 0.905 bits per heavy atom. The van der Waals surface area contributed by atoms with E-state index in [0.717, 1.165) is 11.8 Å². The van der Waals surface area contributed by atoms with Crippen LogP contribution in [0.25, 0.3) is 0 Å². The summed E-state index contributed by atoms with van der Waals surface area (Å²) in [6.45, 7) is 1.79. The predicted octanol–water partition coefficient (Wildman–Crippen LogP) is 3.23. The molecule has 0 atom stereocenters. The summed E-state index contributed by atoms with van der Waals surface area (Å²) < 4.78 is 66.5. The zero-order chi connectivity index (χ0) is 15.7. The molecule has 0 heterocycles. The molecule has 0 unspecified atom stereocenters. The van der Waals surface area contributed by atoms with Gasteiger partial charge in [-0.2, -0.15) is 0 Å². The van der Waals surface area contributed by atoms with E-state index in [1.54, 1.807) is 25.1 Å². The molecule has 0 aliphatic heterocycles. The maximum atomic E-state index is 13.4. The normalized spacial score (nSPS) is 11.3. The van der Waals surface area contributed by atoms with Crippen LogP contribution < -0.4 is 4.46 Å². The van der Waals surface area contributed by atoms with Crippen LogP contribution in [0.5, 0.6) is 0 Å². The van der Waals surface area contributed by atoms with E-state index in [9.17, 15) is 22.0 Å². The minimum absolute atomic E-state index is 0.471. The van der Waals surface area contributed by atoms with Crippen molar-refractivity contribution in [3.05, 3.63) is 58.4 Å². The van der Waals surface area contributed by atoms with Gasteiger partial charge in [-0.25, -0.2) is 0 Å². The second-order valence-electron chi connectivity index (χ2n) is 4.17. The van der Waals surface area contributed by atoms with Crippen LogP contribution in [-0.2, 0) is 0 Å². The zero-order valence-corrected chi connectivity index (χ0v) is 12.3. The van der Waals surface area contributed by atoms with Crippen LogP contribution in [0.15, 0.2) is 23.2 Å². The van der Waals surface area contributed by atoms with Gasteiger partial charge in [0.25, 0.3) is 0 Å². The van der Waals surface area contributed by atoms with E-state index >= 15 is 0 Å². The number of hydrogen-bond donors (Lipinski definition) is 0. The van der Waals surface area contributed by atoms with Crippen LogP contribution in [0.3, 0.4) is 0 Å². The fourth-order valence-electron chi connectivity index (χ4n) is 1.62. The number of hydrogen-bond acceptors (Lipinski definition) is 1. The van der Waals surface area contributed by atoms with Crippen molar-refractivity contribution in [1.82, 2.24) is 0 Å². The Bertz CT molecular complexity index is 714. The van der Waals surface area contributed by atoms with Crippen molar-refractivity contribution in [2.75, 3.05) is 0 Å². The Morgan fingerprint density at radius 3 is 2.00 bits per heavy atom. The monoisotopic (exact) mass is 364 g/mol. The quantitative estimate of drug-likeness (QED) is 0.256. The first kappa shape index (κ1) is 15.7. The molecule has 0 saturated heterocycles. The van der Waals surface area contributed by atoms with Crippen LogP contribution in [0.2, 0.25) is 0 Å². The molecule has 0 aliphatic rings. The average Bonchev–Trinajstić information content (AvgIpc) is 2.47. The third kappa shape index (κ3) is 2.84. The maximum absolute atomic E-state index is 13.4. The molecule has 21 heavy (non-hydrogen) atoms. The van der Waals surface area contributed by atoms with E-state index in [0.29, 0.717) is 10.0 Å². The van der Waals surface area contributed by atoms with Crippen molar-refractivity contribution in [2.24, 2.45) is 4.99 Å². The molecule has 0 saturated carbocycles. The summed E-state index contributed by atoms with van der Waals surface area (Å²) in [5.41, 5.74) is 0.114. The fraction of sp³-hybridized carbons (Fsp3) is 0.0714. The molecule has 1 radical (unpaired) electrons. The van der Waals surface area contributed by atoms with Gasteiger partial charge in [-0.1, -0.05) is 0 Å². The summed E-state index contributed by atoms with van der Waals surface area (Å²) in [7, 11) is 0. The molecule has 0 bridgehead atoms. The molecule has 0 spiro atoms. The van der Waals surface area contributed by atoms with Crippen LogP contribution in [0.4, 0.5) is 27.6 Å². The minimum atomic E-state index is -2.20. The Balaban J connectivity index is 2.54. The first-order valence-corrected chi connectivity index (χ1v) is 6.52. The van der Waals surface area contributed by atoms with Gasteiger partial charge in [0, 0.05) is 0 Å². The molecule has 109 valence electrons. The molecule has 0 amide bonds. The van der Waals surface area contributed by atoms with Crippen molar-refractivity contribution in [3.63, 3.8) is 0 Å².